The topological polar surface area (TPSA) is 71.1 Å². The number of amides is 2. The van der Waals surface area contributed by atoms with E-state index in [1.807, 2.05) is 60.8 Å². The first kappa shape index (κ1) is 24.3. The highest BCUT2D eigenvalue weighted by molar-refractivity contribution is 8.00. The van der Waals surface area contributed by atoms with E-state index in [4.69, 9.17) is 23.2 Å². The zero-order valence-corrected chi connectivity index (χ0v) is 21.1. The van der Waals surface area contributed by atoms with Gasteiger partial charge in [0.25, 0.3) is 5.91 Å². The number of hydrogen-bond acceptors (Lipinski definition) is 5. The van der Waals surface area contributed by atoms with Gasteiger partial charge in [-0.15, -0.1) is 23.1 Å². The quantitative estimate of drug-likeness (QED) is 0.244. The molecule has 1 aromatic heterocycles. The van der Waals surface area contributed by atoms with Crippen molar-refractivity contribution in [2.45, 2.75) is 17.1 Å². The van der Waals surface area contributed by atoms with Gasteiger partial charge in [0.15, 0.2) is 5.13 Å². The van der Waals surface area contributed by atoms with Crippen molar-refractivity contribution in [1.82, 2.24) is 4.98 Å². The van der Waals surface area contributed by atoms with Crippen molar-refractivity contribution >= 4 is 68.9 Å². The second-order valence-electron chi connectivity index (χ2n) is 7.30. The van der Waals surface area contributed by atoms with Crippen LogP contribution in [0.25, 0.3) is 0 Å². The molecule has 1 unspecified atom stereocenters. The summed E-state index contributed by atoms with van der Waals surface area (Å²) in [6, 6.07) is 21.6. The monoisotopic (exact) mass is 527 g/mol. The third-order valence-corrected chi connectivity index (χ3v) is 7.38. The summed E-state index contributed by atoms with van der Waals surface area (Å²) in [6.07, 6.45) is 0. The van der Waals surface area contributed by atoms with Gasteiger partial charge in [-0.2, -0.15) is 0 Å². The number of rotatable bonds is 7. The van der Waals surface area contributed by atoms with Crippen LogP contribution in [0, 0.1) is 6.92 Å². The maximum absolute atomic E-state index is 13.2. The molecule has 34 heavy (non-hydrogen) atoms. The molecule has 0 aliphatic carbocycles. The fourth-order valence-electron chi connectivity index (χ4n) is 3.14. The smallest absolute Gasteiger partial charge is 0.257 e. The lowest BCUT2D eigenvalue weighted by atomic mass is 10.1. The summed E-state index contributed by atoms with van der Waals surface area (Å²) in [7, 11) is 0. The number of anilines is 2. The molecule has 0 saturated carbocycles. The molecule has 0 fully saturated rings. The van der Waals surface area contributed by atoms with Gasteiger partial charge in [0.2, 0.25) is 5.91 Å². The molecule has 0 bridgehead atoms. The number of benzene rings is 3. The van der Waals surface area contributed by atoms with Crippen LogP contribution in [-0.4, -0.2) is 16.8 Å². The number of thioether (sulfide) groups is 1. The normalized spacial score (nSPS) is 11.6. The van der Waals surface area contributed by atoms with Crippen LogP contribution in [0.3, 0.4) is 0 Å². The number of carbonyl (C=O) groups excluding carboxylic acids is 2. The molecule has 0 aliphatic heterocycles. The first-order chi connectivity index (χ1) is 16.4. The molecule has 2 N–H and O–H groups in total. The second kappa shape index (κ2) is 11.1. The molecule has 0 radical (unpaired) electrons. The minimum atomic E-state index is -0.512. The Morgan fingerprint density at radius 3 is 2.47 bits per heavy atom. The molecule has 0 aliphatic rings. The van der Waals surface area contributed by atoms with Gasteiger partial charge < -0.3 is 10.6 Å². The van der Waals surface area contributed by atoms with Gasteiger partial charge in [0.05, 0.1) is 16.3 Å². The lowest BCUT2D eigenvalue weighted by Gasteiger charge is -2.17. The zero-order chi connectivity index (χ0) is 24.1. The van der Waals surface area contributed by atoms with Crippen LogP contribution >= 0.6 is 46.3 Å². The molecule has 0 saturated heterocycles. The van der Waals surface area contributed by atoms with Crippen LogP contribution in [0.1, 0.15) is 26.9 Å². The molecular formula is C25H19Cl2N3O2S2. The van der Waals surface area contributed by atoms with Crippen molar-refractivity contribution in [2.24, 2.45) is 0 Å². The molecule has 3 aromatic carbocycles. The minimum absolute atomic E-state index is 0.173. The Morgan fingerprint density at radius 2 is 1.76 bits per heavy atom. The zero-order valence-electron chi connectivity index (χ0n) is 17.9. The van der Waals surface area contributed by atoms with Crippen LogP contribution in [0.15, 0.2) is 83.1 Å². The van der Waals surface area contributed by atoms with E-state index in [1.54, 1.807) is 18.2 Å². The molecule has 9 heteroatoms. The summed E-state index contributed by atoms with van der Waals surface area (Å²) in [5, 5.41) is 8.43. The van der Waals surface area contributed by atoms with Gasteiger partial charge in [-0.25, -0.2) is 4.98 Å². The van der Waals surface area contributed by atoms with E-state index in [-0.39, 0.29) is 16.8 Å². The van der Waals surface area contributed by atoms with Crippen molar-refractivity contribution in [1.29, 1.82) is 0 Å². The Bertz CT molecular complexity index is 1330. The Balaban J connectivity index is 1.54. The Hall–Kier alpha value is -2.84. The van der Waals surface area contributed by atoms with Crippen LogP contribution in [0.5, 0.6) is 0 Å². The molecule has 1 atom stereocenters. The SMILES string of the molecule is Cc1csc(NC(=O)C(Sc2cccc(NC(=O)c3ccc(Cl)cc3Cl)c2)c2ccccc2)n1. The minimum Gasteiger partial charge on any atom is -0.322 e. The first-order valence-electron chi connectivity index (χ1n) is 10.2. The summed E-state index contributed by atoms with van der Waals surface area (Å²) in [4.78, 5) is 31.0. The Kier molecular flexibility index (Phi) is 7.90. The van der Waals surface area contributed by atoms with Crippen LogP contribution < -0.4 is 10.6 Å². The number of hydrogen-bond donors (Lipinski definition) is 2. The molecule has 5 nitrogen and oxygen atoms in total. The van der Waals surface area contributed by atoms with Crippen molar-refractivity contribution in [3.8, 4) is 0 Å². The molecule has 1 heterocycles. The van der Waals surface area contributed by atoms with Gasteiger partial charge in [-0.05, 0) is 48.9 Å². The number of nitrogens with zero attached hydrogens (tertiary/aromatic N) is 1. The summed E-state index contributed by atoms with van der Waals surface area (Å²) in [6.45, 7) is 1.88. The number of thiazole rings is 1. The number of nitrogens with one attached hydrogen (secondary N) is 2. The van der Waals surface area contributed by atoms with Crippen LogP contribution in [-0.2, 0) is 4.79 Å². The predicted molar refractivity (Wildman–Crippen MR) is 141 cm³/mol. The van der Waals surface area contributed by atoms with Gasteiger partial charge in [0, 0.05) is 21.0 Å². The average molecular weight is 528 g/mol. The van der Waals surface area contributed by atoms with Crippen LogP contribution in [0.4, 0.5) is 10.8 Å². The number of halogens is 2. The molecule has 172 valence electrons. The summed E-state index contributed by atoms with van der Waals surface area (Å²) >= 11 is 14.9. The maximum Gasteiger partial charge on any atom is 0.257 e. The highest BCUT2D eigenvalue weighted by atomic mass is 35.5. The highest BCUT2D eigenvalue weighted by Gasteiger charge is 2.23. The van der Waals surface area contributed by atoms with Gasteiger partial charge in [-0.3, -0.25) is 9.59 Å². The van der Waals surface area contributed by atoms with E-state index >= 15 is 0 Å². The third-order valence-electron chi connectivity index (χ3n) is 4.71. The summed E-state index contributed by atoms with van der Waals surface area (Å²) in [5.74, 6) is -0.520. The van der Waals surface area contributed by atoms with Gasteiger partial charge in [0.1, 0.15) is 5.25 Å². The van der Waals surface area contributed by atoms with E-state index in [9.17, 15) is 9.59 Å². The summed E-state index contributed by atoms with van der Waals surface area (Å²) < 4.78 is 0. The first-order valence-corrected chi connectivity index (χ1v) is 12.7. The summed E-state index contributed by atoms with van der Waals surface area (Å²) in [5.41, 5.74) is 2.63. The Morgan fingerprint density at radius 1 is 0.971 bits per heavy atom. The lowest BCUT2D eigenvalue weighted by molar-refractivity contribution is -0.115. The molecule has 2 amide bonds. The maximum atomic E-state index is 13.2. The molecule has 4 aromatic rings. The third kappa shape index (κ3) is 6.18. The number of aromatic nitrogens is 1. The van der Waals surface area contributed by atoms with E-state index in [1.165, 1.54) is 29.2 Å². The highest BCUT2D eigenvalue weighted by Crippen LogP contribution is 2.37. The number of carbonyl (C=O) groups is 2. The second-order valence-corrected chi connectivity index (χ2v) is 10.2. The largest absolute Gasteiger partial charge is 0.322 e. The molecule has 0 spiro atoms. The average Bonchev–Trinajstić information content (AvgIpc) is 3.22. The fourth-order valence-corrected chi connectivity index (χ4v) is 5.41. The molecule has 4 rings (SSSR count). The predicted octanol–water partition coefficient (Wildman–Crippen LogP) is 7.48. The van der Waals surface area contributed by atoms with Crippen molar-refractivity contribution < 1.29 is 9.59 Å². The van der Waals surface area contributed by atoms with E-state index in [2.05, 4.69) is 15.6 Å². The van der Waals surface area contributed by atoms with Gasteiger partial charge >= 0.3 is 0 Å². The van der Waals surface area contributed by atoms with Crippen LogP contribution in [0.2, 0.25) is 10.0 Å². The van der Waals surface area contributed by atoms with E-state index in [0.717, 1.165) is 16.2 Å². The number of aryl methyl sites for hydroxylation is 1. The molecular weight excluding hydrogens is 509 g/mol. The lowest BCUT2D eigenvalue weighted by Crippen LogP contribution is -2.19. The van der Waals surface area contributed by atoms with E-state index in [0.29, 0.717) is 21.4 Å². The van der Waals surface area contributed by atoms with Gasteiger partial charge in [-0.1, -0.05) is 59.6 Å². The van der Waals surface area contributed by atoms with Crippen molar-refractivity contribution in [3.05, 3.63) is 105 Å². The Labute approximate surface area is 215 Å². The van der Waals surface area contributed by atoms with Crippen molar-refractivity contribution in [2.75, 3.05) is 10.6 Å². The fraction of sp³-hybridized carbons (Fsp3) is 0.0800. The van der Waals surface area contributed by atoms with Crippen molar-refractivity contribution in [3.63, 3.8) is 0 Å². The van der Waals surface area contributed by atoms with E-state index < -0.39 is 5.25 Å². The standard InChI is InChI=1S/C25H19Cl2N3O2S2/c1-15-14-33-25(28-15)30-24(32)22(16-6-3-2-4-7-16)34-19-9-5-8-18(13-19)29-23(31)20-11-10-17(26)12-21(20)27/h2-14,22H,1H3,(H,29,31)(H,28,30,32).